The van der Waals surface area contributed by atoms with Crippen LogP contribution in [0, 0.1) is 5.92 Å². The number of nitrogens with zero attached hydrogens (tertiary/aromatic N) is 3. The molecule has 1 atom stereocenters. The van der Waals surface area contributed by atoms with E-state index in [4.69, 9.17) is 0 Å². The minimum atomic E-state index is -0.154. The van der Waals surface area contributed by atoms with Crippen molar-refractivity contribution in [3.8, 4) is 0 Å². The second-order valence-electron chi connectivity index (χ2n) is 6.82. The summed E-state index contributed by atoms with van der Waals surface area (Å²) in [6.45, 7) is 4.93. The van der Waals surface area contributed by atoms with Gasteiger partial charge in [0.2, 0.25) is 0 Å². The molecule has 132 valence electrons. The van der Waals surface area contributed by atoms with Crippen molar-refractivity contribution >= 4 is 11.7 Å². The monoisotopic (exact) mass is 338 g/mol. The van der Waals surface area contributed by atoms with Crippen LogP contribution in [0.15, 0.2) is 42.5 Å². The van der Waals surface area contributed by atoms with Gasteiger partial charge in [0.15, 0.2) is 11.5 Å². The Bertz CT molecular complexity index is 672. The summed E-state index contributed by atoms with van der Waals surface area (Å²) in [5, 5.41) is 11.3. The Morgan fingerprint density at radius 1 is 1.20 bits per heavy atom. The molecule has 1 fully saturated rings. The van der Waals surface area contributed by atoms with E-state index in [9.17, 15) is 4.79 Å². The number of amides is 1. The van der Waals surface area contributed by atoms with Gasteiger partial charge in [0.25, 0.3) is 5.91 Å². The highest BCUT2D eigenvalue weighted by Gasteiger charge is 2.18. The maximum Gasteiger partial charge on any atom is 0.271 e. The van der Waals surface area contributed by atoms with Crippen LogP contribution in [-0.4, -0.2) is 35.7 Å². The highest BCUT2D eigenvalue weighted by Crippen LogP contribution is 2.20. The molecule has 1 aromatic heterocycles. The summed E-state index contributed by atoms with van der Waals surface area (Å²) < 4.78 is 0. The van der Waals surface area contributed by atoms with E-state index in [0.717, 1.165) is 31.7 Å². The Kier molecular flexibility index (Phi) is 5.99. The fourth-order valence-corrected chi connectivity index (χ4v) is 3.24. The first-order valence-electron chi connectivity index (χ1n) is 9.13. The summed E-state index contributed by atoms with van der Waals surface area (Å²) >= 11 is 0. The normalized spacial score (nSPS) is 17.3. The van der Waals surface area contributed by atoms with Crippen molar-refractivity contribution in [2.75, 3.05) is 24.5 Å². The zero-order valence-electron chi connectivity index (χ0n) is 14.8. The number of hydrogen-bond acceptors (Lipinski definition) is 4. The van der Waals surface area contributed by atoms with Gasteiger partial charge >= 0.3 is 0 Å². The van der Waals surface area contributed by atoms with E-state index in [0.29, 0.717) is 18.2 Å². The van der Waals surface area contributed by atoms with Gasteiger partial charge in [0.1, 0.15) is 0 Å². The number of carbonyl (C=O) groups excluding carboxylic acids is 1. The Morgan fingerprint density at radius 2 is 2.04 bits per heavy atom. The lowest BCUT2D eigenvalue weighted by atomic mass is 10.0. The first-order chi connectivity index (χ1) is 12.2. The SMILES string of the molecule is CC1CCCN(c2ccc(C(=O)NCCCc3ccccc3)nn2)C1. The van der Waals surface area contributed by atoms with Crippen LogP contribution in [0.1, 0.15) is 42.2 Å². The Labute approximate surface area is 149 Å². The summed E-state index contributed by atoms with van der Waals surface area (Å²) in [6.07, 6.45) is 4.33. The number of aryl methyl sites for hydroxylation is 1. The van der Waals surface area contributed by atoms with Gasteiger partial charge in [0, 0.05) is 19.6 Å². The van der Waals surface area contributed by atoms with Crippen molar-refractivity contribution in [1.82, 2.24) is 15.5 Å². The predicted molar refractivity (Wildman–Crippen MR) is 99.7 cm³/mol. The van der Waals surface area contributed by atoms with Crippen molar-refractivity contribution in [3.63, 3.8) is 0 Å². The zero-order chi connectivity index (χ0) is 17.5. The molecule has 0 saturated carbocycles. The summed E-state index contributed by atoms with van der Waals surface area (Å²) in [7, 11) is 0. The van der Waals surface area contributed by atoms with E-state index in [-0.39, 0.29) is 5.91 Å². The van der Waals surface area contributed by atoms with Gasteiger partial charge in [-0.2, -0.15) is 0 Å². The van der Waals surface area contributed by atoms with Crippen LogP contribution in [0.4, 0.5) is 5.82 Å². The van der Waals surface area contributed by atoms with E-state index < -0.39 is 0 Å². The second-order valence-corrected chi connectivity index (χ2v) is 6.82. The smallest absolute Gasteiger partial charge is 0.271 e. The van der Waals surface area contributed by atoms with Crippen LogP contribution in [0.3, 0.4) is 0 Å². The number of piperidine rings is 1. The molecule has 1 aliphatic rings. The van der Waals surface area contributed by atoms with Gasteiger partial charge in [-0.25, -0.2) is 0 Å². The fourth-order valence-electron chi connectivity index (χ4n) is 3.24. The number of rotatable bonds is 6. The number of aromatic nitrogens is 2. The van der Waals surface area contributed by atoms with Gasteiger partial charge in [-0.1, -0.05) is 37.3 Å². The molecule has 5 nitrogen and oxygen atoms in total. The van der Waals surface area contributed by atoms with Crippen LogP contribution >= 0.6 is 0 Å². The molecule has 2 aromatic rings. The quantitative estimate of drug-likeness (QED) is 0.823. The van der Waals surface area contributed by atoms with Gasteiger partial charge in [-0.05, 0) is 49.3 Å². The first kappa shape index (κ1) is 17.4. The molecule has 0 radical (unpaired) electrons. The van der Waals surface area contributed by atoms with E-state index in [1.807, 2.05) is 24.3 Å². The highest BCUT2D eigenvalue weighted by molar-refractivity contribution is 5.92. The molecular weight excluding hydrogens is 312 g/mol. The molecule has 3 rings (SSSR count). The Balaban J connectivity index is 1.46. The maximum atomic E-state index is 12.2. The van der Waals surface area contributed by atoms with Crippen molar-refractivity contribution in [2.45, 2.75) is 32.6 Å². The van der Waals surface area contributed by atoms with Crippen LogP contribution in [-0.2, 0) is 6.42 Å². The third kappa shape index (κ3) is 5.02. The second kappa shape index (κ2) is 8.60. The van der Waals surface area contributed by atoms with Crippen LogP contribution in [0.2, 0.25) is 0 Å². The fraction of sp³-hybridized carbons (Fsp3) is 0.450. The molecule has 0 bridgehead atoms. The van der Waals surface area contributed by atoms with E-state index in [1.54, 1.807) is 6.07 Å². The maximum absolute atomic E-state index is 12.2. The molecular formula is C20H26N4O. The Hall–Kier alpha value is -2.43. The van der Waals surface area contributed by atoms with Crippen molar-refractivity contribution in [1.29, 1.82) is 0 Å². The summed E-state index contributed by atoms with van der Waals surface area (Å²) in [4.78, 5) is 14.4. The molecule has 1 aromatic carbocycles. The Morgan fingerprint density at radius 3 is 2.76 bits per heavy atom. The van der Waals surface area contributed by atoms with Crippen LogP contribution in [0.25, 0.3) is 0 Å². The average molecular weight is 338 g/mol. The number of anilines is 1. The summed E-state index contributed by atoms with van der Waals surface area (Å²) in [5.74, 6) is 1.40. The topological polar surface area (TPSA) is 58.1 Å². The molecule has 2 heterocycles. The van der Waals surface area contributed by atoms with Crippen molar-refractivity contribution < 1.29 is 4.79 Å². The van der Waals surface area contributed by atoms with E-state index >= 15 is 0 Å². The third-order valence-electron chi connectivity index (χ3n) is 4.63. The number of carbonyl (C=O) groups is 1. The highest BCUT2D eigenvalue weighted by atomic mass is 16.1. The summed E-state index contributed by atoms with van der Waals surface area (Å²) in [5.41, 5.74) is 1.67. The predicted octanol–water partition coefficient (Wildman–Crippen LogP) is 3.08. The van der Waals surface area contributed by atoms with Crippen molar-refractivity contribution in [3.05, 3.63) is 53.7 Å². The standard InChI is InChI=1S/C20H26N4O/c1-16-7-6-14-24(15-16)19-12-11-18(22-23-19)20(25)21-13-5-10-17-8-3-2-4-9-17/h2-4,8-9,11-12,16H,5-7,10,13-15H2,1H3,(H,21,25). The van der Waals surface area contributed by atoms with Crippen LogP contribution < -0.4 is 10.2 Å². The van der Waals surface area contributed by atoms with E-state index in [2.05, 4.69) is 39.5 Å². The largest absolute Gasteiger partial charge is 0.355 e. The number of hydrogen-bond donors (Lipinski definition) is 1. The third-order valence-corrected chi connectivity index (χ3v) is 4.63. The molecule has 1 saturated heterocycles. The summed E-state index contributed by atoms with van der Waals surface area (Å²) in [6, 6.07) is 14.0. The molecule has 1 amide bonds. The lowest BCUT2D eigenvalue weighted by Crippen LogP contribution is -2.35. The van der Waals surface area contributed by atoms with Gasteiger partial charge < -0.3 is 10.2 Å². The van der Waals surface area contributed by atoms with Gasteiger partial charge in [-0.15, -0.1) is 10.2 Å². The lowest BCUT2D eigenvalue weighted by Gasteiger charge is -2.31. The van der Waals surface area contributed by atoms with Crippen LogP contribution in [0.5, 0.6) is 0 Å². The van der Waals surface area contributed by atoms with Crippen molar-refractivity contribution in [2.24, 2.45) is 5.92 Å². The van der Waals surface area contributed by atoms with E-state index in [1.165, 1.54) is 18.4 Å². The lowest BCUT2D eigenvalue weighted by molar-refractivity contribution is 0.0947. The molecule has 25 heavy (non-hydrogen) atoms. The average Bonchev–Trinajstić information content (AvgIpc) is 2.66. The first-order valence-corrected chi connectivity index (χ1v) is 9.13. The molecule has 1 N–H and O–H groups in total. The zero-order valence-corrected chi connectivity index (χ0v) is 14.8. The molecule has 0 spiro atoms. The molecule has 5 heteroatoms. The minimum Gasteiger partial charge on any atom is -0.355 e. The number of nitrogens with one attached hydrogen (secondary N) is 1. The van der Waals surface area contributed by atoms with Gasteiger partial charge in [-0.3, -0.25) is 4.79 Å². The number of benzene rings is 1. The minimum absolute atomic E-state index is 0.154. The molecule has 1 aliphatic heterocycles. The molecule has 1 unspecified atom stereocenters. The molecule has 0 aliphatic carbocycles. The van der Waals surface area contributed by atoms with Gasteiger partial charge in [0.05, 0.1) is 0 Å².